The van der Waals surface area contributed by atoms with Crippen molar-refractivity contribution in [1.82, 2.24) is 0 Å². The number of carbonyl (C=O) groups excluding carboxylic acids is 1. The third-order valence-corrected chi connectivity index (χ3v) is 3.16. The van der Waals surface area contributed by atoms with E-state index in [2.05, 4.69) is 5.16 Å². The highest BCUT2D eigenvalue weighted by Crippen LogP contribution is 2.21. The molecule has 23 heavy (non-hydrogen) atoms. The van der Waals surface area contributed by atoms with Gasteiger partial charge in [0.25, 0.3) is 0 Å². The maximum absolute atomic E-state index is 11.4. The summed E-state index contributed by atoms with van der Waals surface area (Å²) >= 11 is 0. The van der Waals surface area contributed by atoms with E-state index in [1.807, 2.05) is 30.3 Å². The van der Waals surface area contributed by atoms with Crippen molar-refractivity contribution in [3.63, 3.8) is 0 Å². The highest BCUT2D eigenvalue weighted by atomic mass is 16.5. The van der Waals surface area contributed by atoms with Crippen LogP contribution >= 0.6 is 0 Å². The summed E-state index contributed by atoms with van der Waals surface area (Å²) in [4.78, 5) is 11.4. The Balaban J connectivity index is 1.98. The quantitative estimate of drug-likeness (QED) is 0.363. The summed E-state index contributed by atoms with van der Waals surface area (Å²) in [7, 11) is 0. The summed E-state index contributed by atoms with van der Waals surface area (Å²) in [5.41, 5.74) is 1.17. The molecule has 0 bridgehead atoms. The molecule has 2 rings (SSSR count). The van der Waals surface area contributed by atoms with Crippen LogP contribution in [0.3, 0.4) is 0 Å². The van der Waals surface area contributed by atoms with Crippen LogP contribution in [0.1, 0.15) is 25.3 Å². The number of esters is 1. The fraction of sp³-hybridized carbons (Fsp3) is 0.222. The lowest BCUT2D eigenvalue weighted by molar-refractivity contribution is -0.142. The van der Waals surface area contributed by atoms with E-state index in [-0.39, 0.29) is 12.4 Å². The fourth-order valence-electron chi connectivity index (χ4n) is 2.05. The molecule has 0 unspecified atom stereocenters. The van der Waals surface area contributed by atoms with E-state index in [1.54, 1.807) is 31.2 Å². The van der Waals surface area contributed by atoms with Crippen LogP contribution in [-0.4, -0.2) is 23.5 Å². The van der Waals surface area contributed by atoms with E-state index in [9.17, 15) is 4.79 Å². The van der Waals surface area contributed by atoms with Gasteiger partial charge < -0.3 is 14.7 Å². The van der Waals surface area contributed by atoms with Crippen molar-refractivity contribution in [3.05, 3.63) is 60.2 Å². The Morgan fingerprint density at radius 2 is 1.65 bits per heavy atom. The minimum Gasteiger partial charge on any atom is -0.466 e. The Morgan fingerprint density at radius 3 is 2.26 bits per heavy atom. The Kier molecular flexibility index (Phi) is 6.17. The highest BCUT2D eigenvalue weighted by molar-refractivity contribution is 6.01. The Morgan fingerprint density at radius 1 is 1.00 bits per heavy atom. The van der Waals surface area contributed by atoms with Gasteiger partial charge in [-0.1, -0.05) is 23.4 Å². The largest absolute Gasteiger partial charge is 0.466 e. The van der Waals surface area contributed by atoms with Gasteiger partial charge in [0.2, 0.25) is 0 Å². The van der Waals surface area contributed by atoms with Gasteiger partial charge in [0.15, 0.2) is 0 Å². The van der Waals surface area contributed by atoms with Crippen molar-refractivity contribution in [3.8, 4) is 11.5 Å². The van der Waals surface area contributed by atoms with E-state index in [0.29, 0.717) is 24.5 Å². The average molecular weight is 313 g/mol. The Labute approximate surface area is 135 Å². The van der Waals surface area contributed by atoms with Crippen molar-refractivity contribution >= 4 is 11.7 Å². The van der Waals surface area contributed by atoms with Crippen LogP contribution in [0, 0.1) is 0 Å². The van der Waals surface area contributed by atoms with Crippen LogP contribution in [-0.2, 0) is 9.53 Å². The molecule has 1 N–H and O–H groups in total. The predicted molar refractivity (Wildman–Crippen MR) is 87.1 cm³/mol. The number of ether oxygens (including phenoxy) is 2. The molecule has 0 heterocycles. The van der Waals surface area contributed by atoms with Gasteiger partial charge in [0.1, 0.15) is 11.5 Å². The number of nitrogens with zero attached hydrogens (tertiary/aromatic N) is 1. The standard InChI is InChI=1S/C18H19NO4/c1-2-22-18(20)13-12-17(19-21)14-8-10-16(11-9-14)23-15-6-4-3-5-7-15/h3-11,21H,2,12-13H2,1H3. The zero-order valence-corrected chi connectivity index (χ0v) is 12.9. The number of hydrogen-bond acceptors (Lipinski definition) is 5. The minimum atomic E-state index is -0.308. The average Bonchev–Trinajstić information content (AvgIpc) is 2.58. The lowest BCUT2D eigenvalue weighted by atomic mass is 10.1. The van der Waals surface area contributed by atoms with Crippen LogP contribution in [0.5, 0.6) is 11.5 Å². The molecule has 5 nitrogen and oxygen atoms in total. The van der Waals surface area contributed by atoms with Gasteiger partial charge in [-0.15, -0.1) is 0 Å². The number of benzene rings is 2. The monoisotopic (exact) mass is 313 g/mol. The molecule has 0 saturated carbocycles. The first-order chi connectivity index (χ1) is 11.2. The molecule has 120 valence electrons. The summed E-state index contributed by atoms with van der Waals surface area (Å²) < 4.78 is 10.6. The van der Waals surface area contributed by atoms with Crippen molar-refractivity contribution in [2.24, 2.45) is 5.16 Å². The molecule has 0 atom stereocenters. The first-order valence-corrected chi connectivity index (χ1v) is 7.43. The molecular formula is C18H19NO4. The van der Waals surface area contributed by atoms with Crippen molar-refractivity contribution < 1.29 is 19.5 Å². The molecule has 2 aromatic rings. The number of para-hydroxylation sites is 1. The third-order valence-electron chi connectivity index (χ3n) is 3.16. The molecule has 0 saturated heterocycles. The van der Waals surface area contributed by atoms with E-state index in [4.69, 9.17) is 14.7 Å². The van der Waals surface area contributed by atoms with Crippen molar-refractivity contribution in [2.45, 2.75) is 19.8 Å². The van der Waals surface area contributed by atoms with Gasteiger partial charge in [0, 0.05) is 6.42 Å². The van der Waals surface area contributed by atoms with Gasteiger partial charge >= 0.3 is 5.97 Å². The number of oxime groups is 1. The normalized spacial score (nSPS) is 11.1. The van der Waals surface area contributed by atoms with E-state index < -0.39 is 0 Å². The van der Waals surface area contributed by atoms with E-state index >= 15 is 0 Å². The van der Waals surface area contributed by atoms with Crippen LogP contribution in [0.2, 0.25) is 0 Å². The zero-order valence-electron chi connectivity index (χ0n) is 12.9. The smallest absolute Gasteiger partial charge is 0.306 e. The zero-order chi connectivity index (χ0) is 16.5. The van der Waals surface area contributed by atoms with Crippen molar-refractivity contribution in [1.29, 1.82) is 0 Å². The SMILES string of the molecule is CCOC(=O)CCC(=NO)c1ccc(Oc2ccccc2)cc1. The molecule has 0 radical (unpaired) electrons. The summed E-state index contributed by atoms with van der Waals surface area (Å²) in [6.45, 7) is 2.10. The Bertz CT molecular complexity index is 650. The molecule has 5 heteroatoms. The molecule has 2 aromatic carbocycles. The number of carbonyl (C=O) groups is 1. The maximum atomic E-state index is 11.4. The minimum absolute atomic E-state index is 0.176. The summed E-state index contributed by atoms with van der Waals surface area (Å²) in [5.74, 6) is 1.12. The van der Waals surface area contributed by atoms with Crippen LogP contribution in [0.25, 0.3) is 0 Å². The van der Waals surface area contributed by atoms with Gasteiger partial charge in [-0.05, 0) is 48.9 Å². The van der Waals surface area contributed by atoms with Crippen LogP contribution in [0.15, 0.2) is 59.8 Å². The van der Waals surface area contributed by atoms with Gasteiger partial charge in [-0.2, -0.15) is 0 Å². The van der Waals surface area contributed by atoms with E-state index in [0.717, 1.165) is 11.3 Å². The maximum Gasteiger partial charge on any atom is 0.306 e. The predicted octanol–water partition coefficient (Wildman–Crippen LogP) is 4.00. The number of rotatable bonds is 7. The molecule has 0 aromatic heterocycles. The number of hydrogen-bond donors (Lipinski definition) is 1. The fourth-order valence-corrected chi connectivity index (χ4v) is 2.05. The van der Waals surface area contributed by atoms with Gasteiger partial charge in [-0.3, -0.25) is 4.79 Å². The summed E-state index contributed by atoms with van der Waals surface area (Å²) in [6, 6.07) is 16.6. The summed E-state index contributed by atoms with van der Waals surface area (Å²) in [6.07, 6.45) is 0.490. The molecule has 0 aliphatic rings. The van der Waals surface area contributed by atoms with E-state index in [1.165, 1.54) is 0 Å². The van der Waals surface area contributed by atoms with Crippen molar-refractivity contribution in [2.75, 3.05) is 6.61 Å². The Hall–Kier alpha value is -2.82. The van der Waals surface area contributed by atoms with Gasteiger partial charge in [0.05, 0.1) is 18.7 Å². The molecule has 0 aliphatic carbocycles. The molecule has 0 amide bonds. The lowest BCUT2D eigenvalue weighted by Gasteiger charge is -2.08. The molecule has 0 aliphatic heterocycles. The molecule has 0 spiro atoms. The second kappa shape index (κ2) is 8.58. The summed E-state index contributed by atoms with van der Waals surface area (Å²) in [5, 5.41) is 12.4. The molecular weight excluding hydrogens is 294 g/mol. The molecule has 0 fully saturated rings. The topological polar surface area (TPSA) is 68.1 Å². The second-order valence-corrected chi connectivity index (χ2v) is 4.79. The second-order valence-electron chi connectivity index (χ2n) is 4.79. The van der Waals surface area contributed by atoms with Crippen LogP contribution in [0.4, 0.5) is 0 Å². The first kappa shape index (κ1) is 16.5. The third kappa shape index (κ3) is 5.14. The first-order valence-electron chi connectivity index (χ1n) is 7.43. The van der Waals surface area contributed by atoms with Crippen LogP contribution < -0.4 is 4.74 Å². The lowest BCUT2D eigenvalue weighted by Crippen LogP contribution is -2.08. The highest BCUT2D eigenvalue weighted by Gasteiger charge is 2.09. The van der Waals surface area contributed by atoms with Gasteiger partial charge in [-0.25, -0.2) is 0 Å².